The molecule has 2 saturated heterocycles. The first-order chi connectivity index (χ1) is 14.8. The second-order valence-electron chi connectivity index (χ2n) is 7.80. The van der Waals surface area contributed by atoms with Gasteiger partial charge < -0.3 is 14.4 Å². The highest BCUT2D eigenvalue weighted by Crippen LogP contribution is 2.33. The van der Waals surface area contributed by atoms with Crippen molar-refractivity contribution in [2.24, 2.45) is 0 Å². The van der Waals surface area contributed by atoms with E-state index in [-0.39, 0.29) is 12.3 Å². The predicted molar refractivity (Wildman–Crippen MR) is 112 cm³/mol. The van der Waals surface area contributed by atoms with Gasteiger partial charge in [-0.05, 0) is 44.4 Å². The van der Waals surface area contributed by atoms with Crippen LogP contribution in [0.3, 0.4) is 0 Å². The monoisotopic (exact) mass is 404 g/mol. The van der Waals surface area contributed by atoms with Gasteiger partial charge in [0.15, 0.2) is 6.23 Å². The van der Waals surface area contributed by atoms with Crippen LogP contribution in [0.15, 0.2) is 30.6 Å². The summed E-state index contributed by atoms with van der Waals surface area (Å²) in [4.78, 5) is 11.8. The molecule has 30 heavy (non-hydrogen) atoms. The van der Waals surface area contributed by atoms with Gasteiger partial charge in [0.25, 0.3) is 0 Å². The van der Waals surface area contributed by atoms with Crippen molar-refractivity contribution in [3.8, 4) is 17.5 Å². The van der Waals surface area contributed by atoms with Gasteiger partial charge in [0.05, 0.1) is 36.6 Å². The van der Waals surface area contributed by atoms with Crippen LogP contribution in [0, 0.1) is 11.3 Å². The molecule has 0 aliphatic carbocycles. The van der Waals surface area contributed by atoms with Crippen LogP contribution in [0.25, 0.3) is 22.3 Å². The maximum atomic E-state index is 9.83. The summed E-state index contributed by atoms with van der Waals surface area (Å²) in [6.45, 7) is 4.89. The lowest BCUT2D eigenvalue weighted by molar-refractivity contribution is -0.0383. The Morgan fingerprint density at radius 1 is 1.20 bits per heavy atom. The van der Waals surface area contributed by atoms with Gasteiger partial charge in [-0.1, -0.05) is 0 Å². The molecule has 2 fully saturated rings. The molecule has 2 aliphatic rings. The van der Waals surface area contributed by atoms with Crippen LogP contribution < -0.4 is 4.90 Å². The zero-order valence-electron chi connectivity index (χ0n) is 17.0. The van der Waals surface area contributed by atoms with Crippen molar-refractivity contribution in [3.63, 3.8) is 0 Å². The molecule has 1 unspecified atom stereocenters. The van der Waals surface area contributed by atoms with E-state index < -0.39 is 0 Å². The van der Waals surface area contributed by atoms with E-state index in [9.17, 15) is 5.26 Å². The average Bonchev–Trinajstić information content (AvgIpc) is 3.28. The number of nitriles is 1. The van der Waals surface area contributed by atoms with Crippen LogP contribution in [0.5, 0.6) is 0 Å². The zero-order chi connectivity index (χ0) is 20.5. The Morgan fingerprint density at radius 2 is 2.13 bits per heavy atom. The molecule has 0 aromatic carbocycles. The minimum Gasteiger partial charge on any atom is -0.377 e. The van der Waals surface area contributed by atoms with Gasteiger partial charge in [-0.3, -0.25) is 4.98 Å². The topological polar surface area (TPSA) is 89.1 Å². The Labute approximate surface area is 175 Å². The Balaban J connectivity index is 1.66. The van der Waals surface area contributed by atoms with Crippen LogP contribution in [-0.4, -0.2) is 52.2 Å². The van der Waals surface area contributed by atoms with E-state index in [4.69, 9.17) is 14.5 Å². The molecular weight excluding hydrogens is 380 g/mol. The molecule has 0 N–H and O–H groups in total. The highest BCUT2D eigenvalue weighted by molar-refractivity contribution is 5.95. The summed E-state index contributed by atoms with van der Waals surface area (Å²) in [7, 11) is 0. The quantitative estimate of drug-likeness (QED) is 0.662. The SMILES string of the molecule is C[C@@H]1COCCN1c1cc(C#N)c2ccnc(-c3ccnn3C3CCCCO3)c2n1. The van der Waals surface area contributed by atoms with Gasteiger partial charge in [-0.25, -0.2) is 9.67 Å². The Morgan fingerprint density at radius 3 is 2.93 bits per heavy atom. The molecule has 0 amide bonds. The number of morpholine rings is 1. The number of aromatic nitrogens is 4. The third-order valence-electron chi connectivity index (χ3n) is 5.84. The third-order valence-corrected chi connectivity index (χ3v) is 5.84. The molecule has 5 rings (SSSR count). The molecule has 3 aromatic heterocycles. The number of rotatable bonds is 3. The number of nitrogens with zero attached hydrogens (tertiary/aromatic N) is 6. The summed E-state index contributed by atoms with van der Waals surface area (Å²) in [5.74, 6) is 0.782. The van der Waals surface area contributed by atoms with Crippen molar-refractivity contribution in [2.75, 3.05) is 31.3 Å². The number of hydrogen-bond donors (Lipinski definition) is 0. The molecular formula is C22H24N6O2. The van der Waals surface area contributed by atoms with Crippen molar-refractivity contribution >= 4 is 16.7 Å². The number of fused-ring (bicyclic) bond motifs is 1. The van der Waals surface area contributed by atoms with Crippen LogP contribution in [0.4, 0.5) is 5.82 Å². The highest BCUT2D eigenvalue weighted by Gasteiger charge is 2.25. The smallest absolute Gasteiger partial charge is 0.150 e. The van der Waals surface area contributed by atoms with Crippen molar-refractivity contribution in [1.29, 1.82) is 5.26 Å². The molecule has 0 bridgehead atoms. The van der Waals surface area contributed by atoms with E-state index in [1.807, 2.05) is 22.9 Å². The van der Waals surface area contributed by atoms with E-state index in [0.29, 0.717) is 24.3 Å². The molecule has 154 valence electrons. The van der Waals surface area contributed by atoms with Crippen LogP contribution >= 0.6 is 0 Å². The lowest BCUT2D eigenvalue weighted by Crippen LogP contribution is -2.44. The number of hydrogen-bond acceptors (Lipinski definition) is 7. The first kappa shape index (κ1) is 19.0. The van der Waals surface area contributed by atoms with Crippen molar-refractivity contribution in [2.45, 2.75) is 38.5 Å². The van der Waals surface area contributed by atoms with Gasteiger partial charge in [0.1, 0.15) is 17.0 Å². The molecule has 2 aliphatic heterocycles. The maximum absolute atomic E-state index is 9.83. The highest BCUT2D eigenvalue weighted by atomic mass is 16.5. The zero-order valence-corrected chi connectivity index (χ0v) is 17.0. The minimum absolute atomic E-state index is 0.0984. The first-order valence-corrected chi connectivity index (χ1v) is 10.5. The van der Waals surface area contributed by atoms with Gasteiger partial charge in [-0.2, -0.15) is 10.4 Å². The summed E-state index contributed by atoms with van der Waals surface area (Å²) >= 11 is 0. The van der Waals surface area contributed by atoms with E-state index in [1.165, 1.54) is 0 Å². The number of ether oxygens (including phenoxy) is 2. The summed E-state index contributed by atoms with van der Waals surface area (Å²) < 4.78 is 13.4. The Hall–Kier alpha value is -3.02. The van der Waals surface area contributed by atoms with E-state index in [0.717, 1.165) is 55.0 Å². The van der Waals surface area contributed by atoms with Crippen molar-refractivity contribution in [3.05, 3.63) is 36.2 Å². The number of pyridine rings is 2. The molecule has 0 radical (unpaired) electrons. The largest absolute Gasteiger partial charge is 0.377 e. The van der Waals surface area contributed by atoms with Crippen molar-refractivity contribution in [1.82, 2.24) is 19.7 Å². The lowest BCUT2D eigenvalue weighted by atomic mass is 10.1. The average molecular weight is 404 g/mol. The fourth-order valence-electron chi connectivity index (χ4n) is 4.28. The number of anilines is 1. The molecule has 2 atom stereocenters. The van der Waals surface area contributed by atoms with Crippen molar-refractivity contribution < 1.29 is 9.47 Å². The second-order valence-corrected chi connectivity index (χ2v) is 7.80. The minimum atomic E-state index is -0.0984. The Bertz CT molecular complexity index is 1100. The predicted octanol–water partition coefficient (Wildman–Crippen LogP) is 3.29. The summed E-state index contributed by atoms with van der Waals surface area (Å²) in [6, 6.07) is 8.20. The first-order valence-electron chi connectivity index (χ1n) is 10.5. The molecule has 8 nitrogen and oxygen atoms in total. The van der Waals surface area contributed by atoms with Gasteiger partial charge in [-0.15, -0.1) is 0 Å². The molecule has 0 spiro atoms. The molecule has 0 saturated carbocycles. The Kier molecular flexibility index (Phi) is 5.07. The summed E-state index contributed by atoms with van der Waals surface area (Å²) in [6.07, 6.45) is 6.52. The normalized spacial score (nSPS) is 22.2. The van der Waals surface area contributed by atoms with E-state index in [2.05, 4.69) is 28.0 Å². The van der Waals surface area contributed by atoms with E-state index >= 15 is 0 Å². The maximum Gasteiger partial charge on any atom is 0.150 e. The standard InChI is InChI=1S/C22H24N6O2/c1-15-14-29-11-9-27(15)19-12-16(13-23)17-5-7-24-22(21(17)26-19)18-6-8-25-28(18)20-4-2-3-10-30-20/h5-8,12,15,20H,2-4,9-11,14H2,1H3/t15-,20?/m1/s1. The lowest BCUT2D eigenvalue weighted by Gasteiger charge is -2.34. The van der Waals surface area contributed by atoms with E-state index in [1.54, 1.807) is 12.4 Å². The fraction of sp³-hybridized carbons (Fsp3) is 0.455. The van der Waals surface area contributed by atoms with Gasteiger partial charge >= 0.3 is 0 Å². The molecule has 3 aromatic rings. The van der Waals surface area contributed by atoms with Gasteiger partial charge in [0, 0.05) is 30.9 Å². The van der Waals surface area contributed by atoms with Crippen LogP contribution in [0.2, 0.25) is 0 Å². The molecule has 5 heterocycles. The van der Waals surface area contributed by atoms with Gasteiger partial charge in [0.2, 0.25) is 0 Å². The fourth-order valence-corrected chi connectivity index (χ4v) is 4.28. The summed E-state index contributed by atoms with van der Waals surface area (Å²) in [5, 5.41) is 15.1. The third kappa shape index (κ3) is 3.30. The summed E-state index contributed by atoms with van der Waals surface area (Å²) in [5.41, 5.74) is 2.88. The van der Waals surface area contributed by atoms with Crippen LogP contribution in [-0.2, 0) is 9.47 Å². The molecule has 8 heteroatoms. The second kappa shape index (κ2) is 8.01. The van der Waals surface area contributed by atoms with Crippen LogP contribution in [0.1, 0.15) is 38.0 Å².